The molecule has 2 aliphatic carbocycles. The van der Waals surface area contributed by atoms with E-state index in [9.17, 15) is 4.79 Å². The zero-order valence-corrected chi connectivity index (χ0v) is 12.4. The number of carbonyl (C=O) groups is 1. The normalized spacial score (nSPS) is 32.6. The Bertz CT molecular complexity index is 376. The smallest absolute Gasteiger partial charge is 0.332 e. The molecule has 0 radical (unpaired) electrons. The number of hydrogen-bond donors (Lipinski definition) is 2. The molecule has 0 saturated heterocycles. The highest BCUT2D eigenvalue weighted by atomic mass is 16.2. The largest absolute Gasteiger partial charge is 0.350 e. The summed E-state index contributed by atoms with van der Waals surface area (Å²) in [6, 6.07) is -0.589. The number of nitrogens with one attached hydrogen (secondary N) is 1. The van der Waals surface area contributed by atoms with Gasteiger partial charge in [-0.05, 0) is 68.6 Å². The SMILES string of the molecule is C/C(CCCC1C2CCC(C2)C1(C)C)=N/NC(N)=O. The fourth-order valence-electron chi connectivity index (χ4n) is 4.36. The molecule has 0 aliphatic heterocycles. The van der Waals surface area contributed by atoms with Crippen molar-refractivity contribution in [1.29, 1.82) is 0 Å². The van der Waals surface area contributed by atoms with Crippen LogP contribution in [0.5, 0.6) is 0 Å². The zero-order valence-electron chi connectivity index (χ0n) is 12.4. The average Bonchev–Trinajstić information content (AvgIpc) is 2.88. The van der Waals surface area contributed by atoms with Gasteiger partial charge < -0.3 is 5.73 Å². The molecule has 2 aliphatic rings. The van der Waals surface area contributed by atoms with E-state index in [1.807, 2.05) is 6.92 Å². The van der Waals surface area contributed by atoms with E-state index in [2.05, 4.69) is 24.4 Å². The van der Waals surface area contributed by atoms with Gasteiger partial charge in [0, 0.05) is 5.71 Å². The molecule has 2 saturated carbocycles. The molecule has 4 nitrogen and oxygen atoms in total. The Kier molecular flexibility index (Phi) is 4.16. The van der Waals surface area contributed by atoms with Crippen molar-refractivity contribution >= 4 is 11.7 Å². The summed E-state index contributed by atoms with van der Waals surface area (Å²) < 4.78 is 0. The van der Waals surface area contributed by atoms with E-state index < -0.39 is 6.03 Å². The number of nitrogens with zero attached hydrogens (tertiary/aromatic N) is 1. The molecular weight excluding hydrogens is 238 g/mol. The summed E-state index contributed by atoms with van der Waals surface area (Å²) in [7, 11) is 0. The van der Waals surface area contributed by atoms with E-state index in [1.165, 1.54) is 25.7 Å². The third-order valence-corrected chi connectivity index (χ3v) is 5.46. The molecule has 3 unspecified atom stereocenters. The highest BCUT2D eigenvalue weighted by Crippen LogP contribution is 2.60. The summed E-state index contributed by atoms with van der Waals surface area (Å²) in [5, 5.41) is 3.96. The number of hydrazone groups is 1. The molecule has 2 fully saturated rings. The number of carbonyl (C=O) groups excluding carboxylic acids is 1. The van der Waals surface area contributed by atoms with Crippen LogP contribution in [-0.2, 0) is 0 Å². The minimum absolute atomic E-state index is 0.527. The van der Waals surface area contributed by atoms with Crippen LogP contribution in [0, 0.1) is 23.2 Å². The molecule has 3 N–H and O–H groups in total. The van der Waals surface area contributed by atoms with Crippen LogP contribution in [0.1, 0.15) is 59.3 Å². The predicted octanol–water partition coefficient (Wildman–Crippen LogP) is 3.27. The molecule has 0 aromatic carbocycles. The number of rotatable bonds is 5. The van der Waals surface area contributed by atoms with Crippen LogP contribution >= 0.6 is 0 Å². The topological polar surface area (TPSA) is 67.5 Å². The Morgan fingerprint density at radius 1 is 1.42 bits per heavy atom. The molecule has 2 bridgehead atoms. The lowest BCUT2D eigenvalue weighted by atomic mass is 9.67. The van der Waals surface area contributed by atoms with Gasteiger partial charge in [0.05, 0.1) is 0 Å². The van der Waals surface area contributed by atoms with E-state index >= 15 is 0 Å². The molecule has 0 aromatic heterocycles. The van der Waals surface area contributed by atoms with Crippen LogP contribution in [0.25, 0.3) is 0 Å². The van der Waals surface area contributed by atoms with Crippen molar-refractivity contribution in [2.75, 3.05) is 0 Å². The first-order valence-corrected chi connectivity index (χ1v) is 7.50. The molecule has 108 valence electrons. The van der Waals surface area contributed by atoms with Gasteiger partial charge in [0.1, 0.15) is 0 Å². The maximum atomic E-state index is 10.6. The summed E-state index contributed by atoms with van der Waals surface area (Å²) in [5.74, 6) is 2.79. The Morgan fingerprint density at radius 3 is 2.74 bits per heavy atom. The lowest BCUT2D eigenvalue weighted by Gasteiger charge is -2.38. The van der Waals surface area contributed by atoms with Crippen LogP contribution in [0.2, 0.25) is 0 Å². The molecule has 0 aromatic rings. The fourth-order valence-corrected chi connectivity index (χ4v) is 4.36. The Morgan fingerprint density at radius 2 is 2.16 bits per heavy atom. The number of nitrogens with two attached hydrogens (primary N) is 1. The fraction of sp³-hybridized carbons (Fsp3) is 0.867. The maximum Gasteiger partial charge on any atom is 0.332 e. The van der Waals surface area contributed by atoms with Gasteiger partial charge in [-0.2, -0.15) is 5.10 Å². The molecule has 0 spiro atoms. The Balaban J connectivity index is 1.77. The summed E-state index contributed by atoms with van der Waals surface area (Å²) in [4.78, 5) is 10.6. The van der Waals surface area contributed by atoms with Crippen LogP contribution in [0.15, 0.2) is 5.10 Å². The third-order valence-electron chi connectivity index (χ3n) is 5.46. The summed E-state index contributed by atoms with van der Waals surface area (Å²) >= 11 is 0. The second-order valence-corrected chi connectivity index (χ2v) is 6.91. The zero-order chi connectivity index (χ0) is 14.0. The minimum atomic E-state index is -0.589. The van der Waals surface area contributed by atoms with Gasteiger partial charge in [-0.3, -0.25) is 0 Å². The second-order valence-electron chi connectivity index (χ2n) is 6.91. The minimum Gasteiger partial charge on any atom is -0.350 e. The van der Waals surface area contributed by atoms with E-state index in [0.29, 0.717) is 5.41 Å². The van der Waals surface area contributed by atoms with Gasteiger partial charge in [0.25, 0.3) is 0 Å². The summed E-state index contributed by atoms with van der Waals surface area (Å²) in [6.45, 7) is 6.86. The van der Waals surface area contributed by atoms with Crippen molar-refractivity contribution in [2.45, 2.75) is 59.3 Å². The molecule has 0 heterocycles. The molecule has 19 heavy (non-hydrogen) atoms. The van der Waals surface area contributed by atoms with Crippen molar-refractivity contribution in [1.82, 2.24) is 5.43 Å². The first-order chi connectivity index (χ1) is 8.91. The average molecular weight is 265 g/mol. The maximum absolute atomic E-state index is 10.6. The van der Waals surface area contributed by atoms with Gasteiger partial charge in [-0.1, -0.05) is 13.8 Å². The lowest BCUT2D eigenvalue weighted by molar-refractivity contribution is 0.113. The third kappa shape index (κ3) is 3.10. The highest BCUT2D eigenvalue weighted by molar-refractivity contribution is 5.83. The van der Waals surface area contributed by atoms with Crippen molar-refractivity contribution in [3.05, 3.63) is 0 Å². The number of hydrogen-bond acceptors (Lipinski definition) is 2. The van der Waals surface area contributed by atoms with Gasteiger partial charge in [0.15, 0.2) is 0 Å². The monoisotopic (exact) mass is 265 g/mol. The molecule has 4 heteroatoms. The van der Waals surface area contributed by atoms with E-state index in [0.717, 1.165) is 36.3 Å². The second kappa shape index (κ2) is 5.51. The molecule has 3 atom stereocenters. The predicted molar refractivity (Wildman–Crippen MR) is 77.8 cm³/mol. The Hall–Kier alpha value is -1.06. The highest BCUT2D eigenvalue weighted by Gasteiger charge is 2.51. The van der Waals surface area contributed by atoms with Crippen LogP contribution in [-0.4, -0.2) is 11.7 Å². The van der Waals surface area contributed by atoms with Crippen LogP contribution in [0.3, 0.4) is 0 Å². The van der Waals surface area contributed by atoms with E-state index in [4.69, 9.17) is 5.73 Å². The van der Waals surface area contributed by atoms with Gasteiger partial charge in [-0.25, -0.2) is 10.2 Å². The van der Waals surface area contributed by atoms with Gasteiger partial charge >= 0.3 is 6.03 Å². The van der Waals surface area contributed by atoms with Gasteiger partial charge in [0.2, 0.25) is 0 Å². The Labute approximate surface area is 116 Å². The van der Waals surface area contributed by atoms with E-state index in [-0.39, 0.29) is 0 Å². The van der Waals surface area contributed by atoms with E-state index in [1.54, 1.807) is 0 Å². The molecular formula is C15H27N3O. The first kappa shape index (κ1) is 14.4. The number of fused-ring (bicyclic) bond motifs is 2. The van der Waals surface area contributed by atoms with Crippen molar-refractivity contribution in [2.24, 2.45) is 34.0 Å². The van der Waals surface area contributed by atoms with Crippen molar-refractivity contribution < 1.29 is 4.79 Å². The molecule has 2 amide bonds. The lowest BCUT2D eigenvalue weighted by Crippen LogP contribution is -2.30. The summed E-state index contributed by atoms with van der Waals surface area (Å²) in [5.41, 5.74) is 8.77. The number of amides is 2. The van der Waals surface area contributed by atoms with Crippen molar-refractivity contribution in [3.8, 4) is 0 Å². The quantitative estimate of drug-likeness (QED) is 0.581. The van der Waals surface area contributed by atoms with Crippen LogP contribution < -0.4 is 11.2 Å². The number of primary amides is 1. The standard InChI is InChI=1S/C15H27N3O/c1-10(17-18-14(16)19)5-4-6-13-11-7-8-12(9-11)15(13,2)3/h11-13H,4-9H2,1-3H3,(H3,16,18,19)/b17-10-. The first-order valence-electron chi connectivity index (χ1n) is 7.50. The summed E-state index contributed by atoms with van der Waals surface area (Å²) in [6.07, 6.45) is 7.73. The van der Waals surface area contributed by atoms with Crippen molar-refractivity contribution in [3.63, 3.8) is 0 Å². The van der Waals surface area contributed by atoms with Crippen LogP contribution in [0.4, 0.5) is 4.79 Å². The van der Waals surface area contributed by atoms with Gasteiger partial charge in [-0.15, -0.1) is 0 Å². The number of urea groups is 1. The molecule has 2 rings (SSSR count).